The minimum absolute atomic E-state index is 0.262. The van der Waals surface area contributed by atoms with Crippen molar-refractivity contribution in [3.05, 3.63) is 262 Å². The van der Waals surface area contributed by atoms with Crippen molar-refractivity contribution in [2.75, 3.05) is 0 Å². The lowest BCUT2D eigenvalue weighted by atomic mass is 9.98. The Bertz CT molecular complexity index is 4860. The summed E-state index contributed by atoms with van der Waals surface area (Å²) in [6.07, 6.45) is 3.41. The second-order valence-electron chi connectivity index (χ2n) is 18.6. The summed E-state index contributed by atoms with van der Waals surface area (Å²) in [6, 6.07) is 60.4. The summed E-state index contributed by atoms with van der Waals surface area (Å²) in [6.45, 7) is 40.6. The fourth-order valence-corrected chi connectivity index (χ4v) is 10.8. The largest absolute Gasteiger partial charge is 0.319 e. The fraction of sp³-hybridized carbons (Fsp3) is 0. The summed E-state index contributed by atoms with van der Waals surface area (Å²) < 4.78 is 4.14. The third kappa shape index (κ3) is 7.82. The Hall–Kier alpha value is -12.9. The van der Waals surface area contributed by atoms with Crippen LogP contribution >= 0.6 is 0 Å². The molecule has 0 bridgehead atoms. The Labute approximate surface area is 457 Å². The second-order valence-corrected chi connectivity index (χ2v) is 18.6. The van der Waals surface area contributed by atoms with E-state index < -0.39 is 0 Å². The van der Waals surface area contributed by atoms with E-state index in [2.05, 4.69) is 58.1 Å². The molecule has 0 aliphatic heterocycles. The zero-order valence-corrected chi connectivity index (χ0v) is 41.7. The molecule has 12 heteroatoms. The van der Waals surface area contributed by atoms with Crippen LogP contribution in [0.4, 0.5) is 28.4 Å². The highest BCUT2D eigenvalue weighted by Gasteiger charge is 2.25. The van der Waals surface area contributed by atoms with E-state index in [0.717, 1.165) is 43.7 Å². The molecule has 12 aromatic rings. The number of pyridine rings is 1. The number of benzene rings is 9. The minimum atomic E-state index is 0.262. The first-order chi connectivity index (χ1) is 39.2. The van der Waals surface area contributed by atoms with E-state index in [4.69, 9.17) is 32.9 Å². The van der Waals surface area contributed by atoms with E-state index in [1.165, 1.54) is 0 Å². The van der Waals surface area contributed by atoms with Crippen LogP contribution in [0.3, 0.4) is 0 Å². The monoisotopic (exact) mass is 1010 g/mol. The van der Waals surface area contributed by atoms with Gasteiger partial charge in [0.25, 0.3) is 0 Å². The van der Waals surface area contributed by atoms with Crippen molar-refractivity contribution in [2.45, 2.75) is 0 Å². The normalized spacial score (nSPS) is 10.6. The zero-order chi connectivity index (χ0) is 55.2. The topological polar surface area (TPSA) is 140 Å². The standard InChI is InChI=1S/C68H30N12/c1-73-49-12-20-51(47(28-49)38-71)43-8-16-55-56-18-10-45(53-14-6-40(36-69)26-60(53)75-3)32-64(56)79(63(55)30-43)67-35-62(77-5)68(34-59(67)42-22-24-78-25-23-42)80-65-31-44(52-21-13-50(74-2)29-48(52)39-72)9-17-57(65)58-19-11-46(33-66(58)80)54-15-7-41(37-70)27-61(54)76-4/h6-35H. The maximum Gasteiger partial charge on any atom is 0.212 e. The van der Waals surface area contributed by atoms with Gasteiger partial charge in [-0.3, -0.25) is 4.98 Å². The van der Waals surface area contributed by atoms with Crippen LogP contribution in [0.15, 0.2) is 182 Å². The molecule has 0 spiro atoms. The predicted molar refractivity (Wildman–Crippen MR) is 310 cm³/mol. The minimum Gasteiger partial charge on any atom is -0.319 e. The third-order valence-electron chi connectivity index (χ3n) is 14.5. The molecule has 0 unspecified atom stereocenters. The SMILES string of the molecule is [C-]#[N+]c1ccc(-c2ccc3c4ccc(-c5ccc(C#N)cc5[N+]#[C-])cc4n(-c4cc(-c5ccncc5)c(-n5c6cc(-c7ccc([N+]#[C-])cc7C#N)ccc6c6ccc(-c7ccc(C#N)cc7[N+]#[C-])cc65)cc4[N+]#[C-])c3c2)c(C#N)c1. The van der Waals surface area contributed by atoms with Crippen molar-refractivity contribution < 1.29 is 0 Å². The molecule has 0 saturated carbocycles. The molecule has 0 aliphatic rings. The average Bonchev–Trinajstić information content (AvgIpc) is 4.13. The maximum absolute atomic E-state index is 10.4. The van der Waals surface area contributed by atoms with Crippen LogP contribution in [0.1, 0.15) is 22.3 Å². The van der Waals surface area contributed by atoms with Gasteiger partial charge in [-0.2, -0.15) is 21.0 Å². The Morgan fingerprint density at radius 1 is 0.325 bits per heavy atom. The van der Waals surface area contributed by atoms with E-state index in [1.54, 1.807) is 85.2 Å². The van der Waals surface area contributed by atoms with Crippen molar-refractivity contribution >= 4 is 72.0 Å². The third-order valence-corrected chi connectivity index (χ3v) is 14.5. The Kier molecular flexibility index (Phi) is 11.7. The maximum atomic E-state index is 10.4. The lowest BCUT2D eigenvalue weighted by Crippen LogP contribution is -2.02. The van der Waals surface area contributed by atoms with E-state index in [1.807, 2.05) is 102 Å². The lowest BCUT2D eigenvalue weighted by molar-refractivity contribution is 1.15. The average molecular weight is 1020 g/mol. The summed E-state index contributed by atoms with van der Waals surface area (Å²) in [5, 5.41) is 43.6. The van der Waals surface area contributed by atoms with Crippen molar-refractivity contribution in [1.82, 2.24) is 14.1 Å². The molecule has 0 fully saturated rings. The molecular weight excluding hydrogens is 985 g/mol. The summed E-state index contributed by atoms with van der Waals surface area (Å²) in [5.74, 6) is 0. The molecule has 12 rings (SSSR count). The van der Waals surface area contributed by atoms with Gasteiger partial charge < -0.3 is 9.13 Å². The van der Waals surface area contributed by atoms with Gasteiger partial charge in [0.2, 0.25) is 5.69 Å². The van der Waals surface area contributed by atoms with Gasteiger partial charge in [0.05, 0.1) is 84.9 Å². The Balaban J connectivity index is 1.20. The number of aromatic nitrogens is 3. The molecular formula is C68H30N12. The van der Waals surface area contributed by atoms with Gasteiger partial charge in [-0.25, -0.2) is 24.2 Å². The fourth-order valence-electron chi connectivity index (χ4n) is 10.8. The smallest absolute Gasteiger partial charge is 0.212 e. The van der Waals surface area contributed by atoms with Gasteiger partial charge >= 0.3 is 0 Å². The van der Waals surface area contributed by atoms with Gasteiger partial charge in [-0.05, 0) is 135 Å². The molecule has 0 saturated heterocycles. The highest BCUT2D eigenvalue weighted by molar-refractivity contribution is 6.14. The van der Waals surface area contributed by atoms with Crippen molar-refractivity contribution in [3.63, 3.8) is 0 Å². The number of nitrogens with zero attached hydrogens (tertiary/aromatic N) is 12. The molecule has 0 aliphatic carbocycles. The van der Waals surface area contributed by atoms with Gasteiger partial charge in [0.15, 0.2) is 22.7 Å². The van der Waals surface area contributed by atoms with Gasteiger partial charge in [-0.15, -0.1) is 0 Å². The quantitative estimate of drug-likeness (QED) is 0.146. The molecule has 0 N–H and O–H groups in total. The zero-order valence-electron chi connectivity index (χ0n) is 41.7. The number of rotatable bonds is 7. The van der Waals surface area contributed by atoms with Gasteiger partial charge in [-0.1, -0.05) is 84.9 Å². The van der Waals surface area contributed by atoms with E-state index in [0.29, 0.717) is 112 Å². The number of hydrogen-bond donors (Lipinski definition) is 0. The molecule has 0 amide bonds. The summed E-state index contributed by atoms with van der Waals surface area (Å²) >= 11 is 0. The van der Waals surface area contributed by atoms with Crippen LogP contribution in [0, 0.1) is 78.2 Å². The summed E-state index contributed by atoms with van der Waals surface area (Å²) in [4.78, 5) is 23.5. The molecule has 12 nitrogen and oxygen atoms in total. The Morgan fingerprint density at radius 2 is 0.725 bits per heavy atom. The summed E-state index contributed by atoms with van der Waals surface area (Å²) in [5.41, 5.74) is 13.7. The highest BCUT2D eigenvalue weighted by atomic mass is 15.0. The Morgan fingerprint density at radius 3 is 1.11 bits per heavy atom. The van der Waals surface area contributed by atoms with Crippen molar-refractivity contribution in [2.24, 2.45) is 0 Å². The van der Waals surface area contributed by atoms with Crippen LogP contribution < -0.4 is 0 Å². The molecule has 80 heavy (non-hydrogen) atoms. The number of hydrogen-bond acceptors (Lipinski definition) is 5. The van der Waals surface area contributed by atoms with Crippen LogP contribution in [-0.4, -0.2) is 14.1 Å². The molecule has 0 atom stereocenters. The first-order valence-corrected chi connectivity index (χ1v) is 24.5. The number of nitriles is 4. The predicted octanol–water partition coefficient (Wildman–Crippen LogP) is 17.9. The van der Waals surface area contributed by atoms with E-state index >= 15 is 0 Å². The van der Waals surface area contributed by atoms with E-state index in [-0.39, 0.29) is 5.69 Å². The van der Waals surface area contributed by atoms with Crippen LogP contribution in [0.2, 0.25) is 0 Å². The van der Waals surface area contributed by atoms with Crippen LogP contribution in [0.25, 0.3) is 135 Å². The molecule has 0 radical (unpaired) electrons. The van der Waals surface area contributed by atoms with Crippen LogP contribution in [-0.2, 0) is 0 Å². The van der Waals surface area contributed by atoms with Gasteiger partial charge in [0, 0.05) is 67.4 Å². The molecule has 3 heterocycles. The van der Waals surface area contributed by atoms with Crippen LogP contribution in [0.5, 0.6) is 0 Å². The highest BCUT2D eigenvalue weighted by Crippen LogP contribution is 2.47. The number of fused-ring (bicyclic) bond motifs is 6. The molecule has 9 aromatic carbocycles. The van der Waals surface area contributed by atoms with Crippen molar-refractivity contribution in [3.8, 4) is 91.3 Å². The first kappa shape index (κ1) is 48.1. The van der Waals surface area contributed by atoms with Gasteiger partial charge in [0.1, 0.15) is 0 Å². The van der Waals surface area contributed by atoms with E-state index in [9.17, 15) is 21.0 Å². The van der Waals surface area contributed by atoms with Crippen molar-refractivity contribution in [1.29, 1.82) is 21.0 Å². The molecule has 3 aromatic heterocycles. The lowest BCUT2D eigenvalue weighted by Gasteiger charge is -2.20. The first-order valence-electron chi connectivity index (χ1n) is 24.5. The summed E-state index contributed by atoms with van der Waals surface area (Å²) in [7, 11) is 0. The molecule has 362 valence electrons. The second kappa shape index (κ2) is 19.4.